The van der Waals surface area contributed by atoms with E-state index in [9.17, 15) is 8.78 Å². The van der Waals surface area contributed by atoms with E-state index in [1.807, 2.05) is 19.9 Å². The summed E-state index contributed by atoms with van der Waals surface area (Å²) in [5, 5.41) is 3.55. The van der Waals surface area contributed by atoms with Crippen molar-refractivity contribution in [3.05, 3.63) is 58.6 Å². The highest BCUT2D eigenvalue weighted by molar-refractivity contribution is 6.33. The van der Waals surface area contributed by atoms with E-state index in [2.05, 4.69) is 5.32 Å². The van der Waals surface area contributed by atoms with Crippen LogP contribution in [0, 0.1) is 11.6 Å². The first-order valence-corrected chi connectivity index (χ1v) is 6.82. The van der Waals surface area contributed by atoms with Crippen LogP contribution >= 0.6 is 11.6 Å². The Kier molecular flexibility index (Phi) is 4.73. The van der Waals surface area contributed by atoms with E-state index in [1.54, 1.807) is 6.07 Å². The van der Waals surface area contributed by atoms with Gasteiger partial charge in [-0.3, -0.25) is 0 Å². The Hall–Kier alpha value is -1.45. The van der Waals surface area contributed by atoms with Crippen molar-refractivity contribution in [3.8, 4) is 11.1 Å². The molecule has 4 heteroatoms. The molecule has 0 unspecified atom stereocenters. The van der Waals surface area contributed by atoms with Crippen molar-refractivity contribution in [1.82, 2.24) is 5.32 Å². The fourth-order valence-electron chi connectivity index (χ4n) is 1.91. The molecule has 0 aliphatic carbocycles. The predicted octanol–water partition coefficient (Wildman–Crippen LogP) is 4.78. The van der Waals surface area contributed by atoms with Crippen LogP contribution in [0.3, 0.4) is 0 Å². The Labute approximate surface area is 122 Å². The van der Waals surface area contributed by atoms with Gasteiger partial charge < -0.3 is 5.32 Å². The van der Waals surface area contributed by atoms with Crippen molar-refractivity contribution in [2.24, 2.45) is 0 Å². The number of nitrogens with one attached hydrogen (secondary N) is 1. The molecule has 0 aromatic heterocycles. The van der Waals surface area contributed by atoms with E-state index in [4.69, 9.17) is 11.6 Å². The maximum Gasteiger partial charge on any atom is 0.131 e. The van der Waals surface area contributed by atoms with Gasteiger partial charge in [-0.1, -0.05) is 37.6 Å². The smallest absolute Gasteiger partial charge is 0.131 e. The largest absolute Gasteiger partial charge is 0.310 e. The lowest BCUT2D eigenvalue weighted by molar-refractivity contribution is 0.582. The van der Waals surface area contributed by atoms with Crippen molar-refractivity contribution >= 4 is 11.6 Å². The fourth-order valence-corrected chi connectivity index (χ4v) is 2.13. The third-order valence-corrected chi connectivity index (χ3v) is 3.30. The van der Waals surface area contributed by atoms with Gasteiger partial charge in [0.2, 0.25) is 0 Å². The van der Waals surface area contributed by atoms with E-state index in [0.29, 0.717) is 28.7 Å². The molecule has 2 rings (SSSR count). The van der Waals surface area contributed by atoms with E-state index in [1.165, 1.54) is 24.3 Å². The Balaban J connectivity index is 2.32. The molecular formula is C16H16ClF2N. The molecule has 0 aliphatic heterocycles. The average Bonchev–Trinajstić information content (AvgIpc) is 2.39. The predicted molar refractivity (Wildman–Crippen MR) is 78.8 cm³/mol. The van der Waals surface area contributed by atoms with E-state index in [-0.39, 0.29) is 0 Å². The van der Waals surface area contributed by atoms with Crippen LogP contribution < -0.4 is 5.32 Å². The number of rotatable bonds is 4. The van der Waals surface area contributed by atoms with Crippen LogP contribution in [-0.2, 0) is 6.54 Å². The van der Waals surface area contributed by atoms with Crippen LogP contribution in [-0.4, -0.2) is 6.04 Å². The summed E-state index contributed by atoms with van der Waals surface area (Å²) in [4.78, 5) is 0. The Morgan fingerprint density at radius 1 is 1.05 bits per heavy atom. The number of hydrogen-bond acceptors (Lipinski definition) is 1. The summed E-state index contributed by atoms with van der Waals surface area (Å²) in [5.41, 5.74) is 1.52. The van der Waals surface area contributed by atoms with Crippen molar-refractivity contribution in [2.45, 2.75) is 26.4 Å². The average molecular weight is 296 g/mol. The highest BCUT2D eigenvalue weighted by Gasteiger charge is 2.11. The van der Waals surface area contributed by atoms with Gasteiger partial charge in [0.1, 0.15) is 11.6 Å². The molecular weight excluding hydrogens is 280 g/mol. The Bertz CT molecular complexity index is 611. The number of halogens is 3. The van der Waals surface area contributed by atoms with Gasteiger partial charge >= 0.3 is 0 Å². The molecule has 20 heavy (non-hydrogen) atoms. The summed E-state index contributed by atoms with van der Waals surface area (Å²) in [5.74, 6) is -0.838. The molecule has 0 saturated carbocycles. The van der Waals surface area contributed by atoms with E-state index >= 15 is 0 Å². The van der Waals surface area contributed by atoms with Crippen molar-refractivity contribution in [1.29, 1.82) is 0 Å². The lowest BCUT2D eigenvalue weighted by atomic mass is 10.0. The van der Waals surface area contributed by atoms with Gasteiger partial charge in [-0.15, -0.1) is 0 Å². The molecule has 0 bridgehead atoms. The third kappa shape index (κ3) is 3.56. The van der Waals surface area contributed by atoms with Crippen molar-refractivity contribution in [2.75, 3.05) is 0 Å². The first-order valence-electron chi connectivity index (χ1n) is 6.44. The summed E-state index contributed by atoms with van der Waals surface area (Å²) in [6.45, 7) is 4.64. The van der Waals surface area contributed by atoms with Crippen molar-refractivity contribution in [3.63, 3.8) is 0 Å². The molecule has 0 spiro atoms. The van der Waals surface area contributed by atoms with Crippen LogP contribution in [0.2, 0.25) is 5.02 Å². The lowest BCUT2D eigenvalue weighted by Gasteiger charge is -2.11. The zero-order valence-corrected chi connectivity index (χ0v) is 12.1. The SMILES string of the molecule is CC(C)NCc1ccc(-c2cc(F)ccc2Cl)c(F)c1. The van der Waals surface area contributed by atoms with Gasteiger partial charge in [-0.05, 0) is 29.8 Å². The van der Waals surface area contributed by atoms with Crippen LogP contribution in [0.4, 0.5) is 8.78 Å². The molecule has 0 atom stereocenters. The van der Waals surface area contributed by atoms with Crippen LogP contribution in [0.25, 0.3) is 11.1 Å². The monoisotopic (exact) mass is 295 g/mol. The third-order valence-electron chi connectivity index (χ3n) is 2.97. The second-order valence-electron chi connectivity index (χ2n) is 4.97. The minimum absolute atomic E-state index is 0.308. The summed E-state index contributed by atoms with van der Waals surface area (Å²) < 4.78 is 27.4. The topological polar surface area (TPSA) is 12.0 Å². The fraction of sp³-hybridized carbons (Fsp3) is 0.250. The molecule has 0 amide bonds. The first kappa shape index (κ1) is 14.9. The molecule has 1 nitrogen and oxygen atoms in total. The van der Waals surface area contributed by atoms with Crippen LogP contribution in [0.15, 0.2) is 36.4 Å². The molecule has 0 aliphatic rings. The zero-order valence-electron chi connectivity index (χ0n) is 11.4. The minimum atomic E-state index is -0.436. The molecule has 2 aromatic carbocycles. The lowest BCUT2D eigenvalue weighted by Crippen LogP contribution is -2.21. The molecule has 0 saturated heterocycles. The second kappa shape index (κ2) is 6.33. The zero-order chi connectivity index (χ0) is 14.7. The van der Waals surface area contributed by atoms with Gasteiger partial charge in [-0.2, -0.15) is 0 Å². The summed E-state index contributed by atoms with van der Waals surface area (Å²) in [7, 11) is 0. The van der Waals surface area contributed by atoms with Gasteiger partial charge in [0.15, 0.2) is 0 Å². The van der Waals surface area contributed by atoms with E-state index < -0.39 is 11.6 Å². The minimum Gasteiger partial charge on any atom is -0.310 e. The standard InChI is InChI=1S/C16H16ClF2N/c1-10(2)20-9-11-3-5-13(16(19)7-11)14-8-12(18)4-6-15(14)17/h3-8,10,20H,9H2,1-2H3. The van der Waals surface area contributed by atoms with Crippen LogP contribution in [0.1, 0.15) is 19.4 Å². The Morgan fingerprint density at radius 3 is 2.45 bits per heavy atom. The maximum absolute atomic E-state index is 14.2. The molecule has 106 valence electrons. The summed E-state index contributed by atoms with van der Waals surface area (Å²) in [6.07, 6.45) is 0. The van der Waals surface area contributed by atoms with E-state index in [0.717, 1.165) is 5.56 Å². The van der Waals surface area contributed by atoms with Gasteiger partial charge in [0, 0.05) is 28.7 Å². The first-order chi connectivity index (χ1) is 9.47. The normalized spacial score (nSPS) is 11.1. The molecule has 0 heterocycles. The second-order valence-corrected chi connectivity index (χ2v) is 5.38. The highest BCUT2D eigenvalue weighted by atomic mass is 35.5. The van der Waals surface area contributed by atoms with Crippen LogP contribution in [0.5, 0.6) is 0 Å². The summed E-state index contributed by atoms with van der Waals surface area (Å²) >= 11 is 6.00. The number of benzene rings is 2. The van der Waals surface area contributed by atoms with Gasteiger partial charge in [-0.25, -0.2) is 8.78 Å². The number of hydrogen-bond donors (Lipinski definition) is 1. The van der Waals surface area contributed by atoms with Crippen molar-refractivity contribution < 1.29 is 8.78 Å². The molecule has 1 N–H and O–H groups in total. The highest BCUT2D eigenvalue weighted by Crippen LogP contribution is 2.31. The van der Waals surface area contributed by atoms with Gasteiger partial charge in [0.25, 0.3) is 0 Å². The van der Waals surface area contributed by atoms with Gasteiger partial charge in [0.05, 0.1) is 0 Å². The quantitative estimate of drug-likeness (QED) is 0.855. The molecule has 0 fully saturated rings. The molecule has 0 radical (unpaired) electrons. The molecule has 2 aromatic rings. The maximum atomic E-state index is 14.2. The Morgan fingerprint density at radius 2 is 1.80 bits per heavy atom. The summed E-state index contributed by atoms with van der Waals surface area (Å²) in [6, 6.07) is 9.15.